The van der Waals surface area contributed by atoms with Crippen LogP contribution in [0.25, 0.3) is 0 Å². The first-order valence-electron chi connectivity index (χ1n) is 8.93. The quantitative estimate of drug-likeness (QED) is 0.767. The van der Waals surface area contributed by atoms with E-state index in [0.717, 1.165) is 37.7 Å². The first kappa shape index (κ1) is 18.8. The molecule has 1 atom stereocenters. The Balaban J connectivity index is 1.40. The highest BCUT2D eigenvalue weighted by Crippen LogP contribution is 2.19. The first-order chi connectivity index (χ1) is 12.6. The maximum absolute atomic E-state index is 10.3. The Morgan fingerprint density at radius 3 is 2.27 bits per heavy atom. The third-order valence-corrected chi connectivity index (χ3v) is 4.94. The minimum absolute atomic E-state index is 0.299. The monoisotopic (exact) mass is 377 g/mol. The van der Waals surface area contributed by atoms with E-state index in [9.17, 15) is 5.11 Å². The van der Waals surface area contributed by atoms with Crippen LogP contribution in [0, 0.1) is 0 Å². The van der Waals surface area contributed by atoms with Gasteiger partial charge in [0.05, 0.1) is 33.3 Å². The molecular weight excluding hydrogens is 352 g/mol. The van der Waals surface area contributed by atoms with Gasteiger partial charge in [0.15, 0.2) is 0 Å². The lowest BCUT2D eigenvalue weighted by Gasteiger charge is -2.34. The van der Waals surface area contributed by atoms with Crippen LogP contribution in [0.15, 0.2) is 48.5 Å². The van der Waals surface area contributed by atoms with Crippen molar-refractivity contribution in [3.05, 3.63) is 53.6 Å². The van der Waals surface area contributed by atoms with Gasteiger partial charge in [-0.3, -0.25) is 0 Å². The van der Waals surface area contributed by atoms with Crippen LogP contribution in [-0.2, 0) is 0 Å². The molecular formula is C20H26ClN2O3+. The number of aliphatic hydroxyl groups excluding tert-OH is 1. The molecule has 1 saturated heterocycles. The van der Waals surface area contributed by atoms with Crippen LogP contribution in [0.4, 0.5) is 5.69 Å². The van der Waals surface area contributed by atoms with Gasteiger partial charge in [-0.1, -0.05) is 11.6 Å². The second-order valence-electron chi connectivity index (χ2n) is 6.56. The highest BCUT2D eigenvalue weighted by molar-refractivity contribution is 6.30. The lowest BCUT2D eigenvalue weighted by Crippen LogP contribution is -3.16. The molecule has 1 aliphatic rings. The Labute approximate surface area is 159 Å². The minimum atomic E-state index is -0.479. The van der Waals surface area contributed by atoms with Crippen LogP contribution in [0.1, 0.15) is 0 Å². The average Bonchev–Trinajstić information content (AvgIpc) is 2.68. The van der Waals surface area contributed by atoms with E-state index in [1.165, 1.54) is 10.6 Å². The van der Waals surface area contributed by atoms with Crippen molar-refractivity contribution >= 4 is 17.3 Å². The van der Waals surface area contributed by atoms with E-state index in [1.807, 2.05) is 24.3 Å². The second kappa shape index (κ2) is 9.12. The highest BCUT2D eigenvalue weighted by Gasteiger charge is 2.22. The molecule has 0 aromatic heterocycles. The topological polar surface area (TPSA) is 46.4 Å². The molecule has 6 heteroatoms. The summed E-state index contributed by atoms with van der Waals surface area (Å²) in [7, 11) is 1.68. The van der Waals surface area contributed by atoms with Gasteiger partial charge >= 0.3 is 0 Å². The van der Waals surface area contributed by atoms with Crippen molar-refractivity contribution in [1.82, 2.24) is 0 Å². The van der Waals surface area contributed by atoms with E-state index < -0.39 is 6.10 Å². The van der Waals surface area contributed by atoms with Crippen molar-refractivity contribution in [3.8, 4) is 11.5 Å². The molecule has 1 heterocycles. The summed E-state index contributed by atoms with van der Waals surface area (Å²) in [6.07, 6.45) is -0.479. The van der Waals surface area contributed by atoms with Crippen molar-refractivity contribution in [2.75, 3.05) is 51.3 Å². The van der Waals surface area contributed by atoms with Crippen molar-refractivity contribution in [2.24, 2.45) is 0 Å². The Hall–Kier alpha value is -1.95. The molecule has 0 radical (unpaired) electrons. The molecule has 0 bridgehead atoms. The largest absolute Gasteiger partial charge is 0.497 e. The number of halogens is 1. The van der Waals surface area contributed by atoms with Crippen LogP contribution in [0.2, 0.25) is 5.02 Å². The molecule has 2 N–H and O–H groups in total. The number of hydrogen-bond donors (Lipinski definition) is 2. The number of aliphatic hydroxyl groups is 1. The van der Waals surface area contributed by atoms with Crippen LogP contribution >= 0.6 is 11.6 Å². The average molecular weight is 378 g/mol. The summed E-state index contributed by atoms with van der Waals surface area (Å²) in [5, 5.41) is 10.9. The molecule has 1 aliphatic heterocycles. The van der Waals surface area contributed by atoms with Gasteiger partial charge in [-0.05, 0) is 48.5 Å². The summed E-state index contributed by atoms with van der Waals surface area (Å²) >= 11 is 5.86. The van der Waals surface area contributed by atoms with Gasteiger partial charge in [-0.2, -0.15) is 0 Å². The van der Waals surface area contributed by atoms with Gasteiger partial charge in [-0.25, -0.2) is 0 Å². The minimum Gasteiger partial charge on any atom is -0.497 e. The molecule has 26 heavy (non-hydrogen) atoms. The van der Waals surface area contributed by atoms with Gasteiger partial charge in [0.25, 0.3) is 0 Å². The number of anilines is 1. The van der Waals surface area contributed by atoms with E-state index in [1.54, 1.807) is 19.2 Å². The Bertz CT molecular complexity index is 670. The summed E-state index contributed by atoms with van der Waals surface area (Å²) in [5.74, 6) is 1.61. The van der Waals surface area contributed by atoms with Gasteiger partial charge in [-0.15, -0.1) is 0 Å². The zero-order chi connectivity index (χ0) is 18.4. The van der Waals surface area contributed by atoms with Crippen LogP contribution in [0.5, 0.6) is 11.5 Å². The zero-order valence-corrected chi connectivity index (χ0v) is 15.8. The normalized spacial score (nSPS) is 16.3. The number of methoxy groups -OCH3 is 1. The molecule has 5 nitrogen and oxygen atoms in total. The second-order valence-corrected chi connectivity index (χ2v) is 6.99. The number of hydrogen-bond acceptors (Lipinski definition) is 4. The third-order valence-electron chi connectivity index (χ3n) is 4.69. The van der Waals surface area contributed by atoms with E-state index in [0.29, 0.717) is 18.2 Å². The summed E-state index contributed by atoms with van der Waals surface area (Å²) in [5.41, 5.74) is 1.22. The smallest absolute Gasteiger partial charge is 0.137 e. The molecule has 0 spiro atoms. The van der Waals surface area contributed by atoms with Crippen molar-refractivity contribution < 1.29 is 19.5 Å². The Morgan fingerprint density at radius 1 is 1.04 bits per heavy atom. The summed E-state index contributed by atoms with van der Waals surface area (Å²) in [6.45, 7) is 4.96. The predicted molar refractivity (Wildman–Crippen MR) is 104 cm³/mol. The summed E-state index contributed by atoms with van der Waals surface area (Å²) in [4.78, 5) is 3.78. The predicted octanol–water partition coefficient (Wildman–Crippen LogP) is 1.49. The lowest BCUT2D eigenvalue weighted by molar-refractivity contribution is -0.903. The molecule has 0 amide bonds. The SMILES string of the molecule is COc1ccc(N2CC[NH+](C[C@H](O)COc3ccc(Cl)cc3)CC2)cc1. The Morgan fingerprint density at radius 2 is 1.65 bits per heavy atom. The molecule has 2 aromatic carbocycles. The fourth-order valence-electron chi connectivity index (χ4n) is 3.19. The number of ether oxygens (including phenoxy) is 2. The number of nitrogens with one attached hydrogen (secondary N) is 1. The van der Waals surface area contributed by atoms with E-state index in [-0.39, 0.29) is 0 Å². The number of benzene rings is 2. The summed E-state index contributed by atoms with van der Waals surface area (Å²) in [6, 6.07) is 15.4. The van der Waals surface area contributed by atoms with Gasteiger partial charge in [0, 0.05) is 10.7 Å². The highest BCUT2D eigenvalue weighted by atomic mass is 35.5. The zero-order valence-electron chi connectivity index (χ0n) is 15.0. The van der Waals surface area contributed by atoms with Crippen molar-refractivity contribution in [2.45, 2.75) is 6.10 Å². The molecule has 0 saturated carbocycles. The van der Waals surface area contributed by atoms with Gasteiger partial charge in [0.1, 0.15) is 30.8 Å². The molecule has 1 fully saturated rings. The molecule has 140 valence electrons. The van der Waals surface area contributed by atoms with Crippen molar-refractivity contribution in [1.29, 1.82) is 0 Å². The fourth-order valence-corrected chi connectivity index (χ4v) is 3.32. The van der Waals surface area contributed by atoms with Crippen LogP contribution in [-0.4, -0.2) is 57.7 Å². The van der Waals surface area contributed by atoms with Gasteiger partial charge < -0.3 is 24.4 Å². The number of quaternary nitrogens is 1. The third kappa shape index (κ3) is 5.27. The lowest BCUT2D eigenvalue weighted by atomic mass is 10.2. The van der Waals surface area contributed by atoms with Crippen LogP contribution in [0.3, 0.4) is 0 Å². The molecule has 2 aromatic rings. The maximum Gasteiger partial charge on any atom is 0.137 e. The van der Waals surface area contributed by atoms with Gasteiger partial charge in [0.2, 0.25) is 0 Å². The maximum atomic E-state index is 10.3. The van der Waals surface area contributed by atoms with E-state index in [4.69, 9.17) is 21.1 Å². The Kier molecular flexibility index (Phi) is 6.61. The number of nitrogens with zero attached hydrogens (tertiary/aromatic N) is 1. The standard InChI is InChI=1S/C20H25ClN2O3/c1-25-19-8-4-17(5-9-19)23-12-10-22(11-13-23)14-18(24)15-26-20-6-2-16(21)3-7-20/h2-9,18,24H,10-15H2,1H3/p+1/t18-/m0/s1. The number of rotatable bonds is 7. The molecule has 0 aliphatic carbocycles. The van der Waals surface area contributed by atoms with Crippen LogP contribution < -0.4 is 19.3 Å². The molecule has 3 rings (SSSR count). The van der Waals surface area contributed by atoms with E-state index >= 15 is 0 Å². The number of piperazine rings is 1. The fraction of sp³-hybridized carbons (Fsp3) is 0.400. The molecule has 0 unspecified atom stereocenters. The summed E-state index contributed by atoms with van der Waals surface area (Å²) < 4.78 is 10.8. The van der Waals surface area contributed by atoms with E-state index in [2.05, 4.69) is 17.0 Å². The first-order valence-corrected chi connectivity index (χ1v) is 9.31. The van der Waals surface area contributed by atoms with Crippen molar-refractivity contribution in [3.63, 3.8) is 0 Å².